The summed E-state index contributed by atoms with van der Waals surface area (Å²) in [4.78, 5) is 24.5. The van der Waals surface area contributed by atoms with Crippen molar-refractivity contribution >= 4 is 39.6 Å². The van der Waals surface area contributed by atoms with Gasteiger partial charge in [-0.2, -0.15) is 5.26 Å². The van der Waals surface area contributed by atoms with Gasteiger partial charge < -0.3 is 19.5 Å². The van der Waals surface area contributed by atoms with E-state index < -0.39 is 11.9 Å². The highest BCUT2D eigenvalue weighted by Crippen LogP contribution is 2.35. The number of amides is 1. The number of benzene rings is 3. The lowest BCUT2D eigenvalue weighted by Crippen LogP contribution is -2.13. The van der Waals surface area contributed by atoms with E-state index in [4.69, 9.17) is 14.2 Å². The molecule has 0 spiro atoms. The van der Waals surface area contributed by atoms with Gasteiger partial charge in [-0.15, -0.1) is 0 Å². The molecule has 36 heavy (non-hydrogen) atoms. The van der Waals surface area contributed by atoms with Gasteiger partial charge in [-0.25, -0.2) is 9.18 Å². The van der Waals surface area contributed by atoms with E-state index in [1.165, 1.54) is 31.4 Å². The fourth-order valence-electron chi connectivity index (χ4n) is 3.11. The lowest BCUT2D eigenvalue weighted by Gasteiger charge is -2.13. The predicted molar refractivity (Wildman–Crippen MR) is 136 cm³/mol. The van der Waals surface area contributed by atoms with Crippen LogP contribution in [0.1, 0.15) is 28.4 Å². The number of carbonyl (C=O) groups is 2. The Kier molecular flexibility index (Phi) is 9.19. The molecule has 0 bridgehead atoms. The van der Waals surface area contributed by atoms with Crippen LogP contribution in [0.25, 0.3) is 6.08 Å². The molecule has 1 N–H and O–H groups in total. The summed E-state index contributed by atoms with van der Waals surface area (Å²) in [5.74, 6) is -0.780. The highest BCUT2D eigenvalue weighted by Gasteiger charge is 2.15. The number of esters is 1. The van der Waals surface area contributed by atoms with Gasteiger partial charge in [-0.1, -0.05) is 34.1 Å². The maximum absolute atomic E-state index is 13.9. The van der Waals surface area contributed by atoms with Gasteiger partial charge >= 0.3 is 5.97 Å². The fraction of sp³-hybridized carbons (Fsp3) is 0.148. The largest absolute Gasteiger partial charge is 0.493 e. The van der Waals surface area contributed by atoms with Crippen molar-refractivity contribution in [1.29, 1.82) is 5.26 Å². The summed E-state index contributed by atoms with van der Waals surface area (Å²) in [6.07, 6.45) is 1.40. The van der Waals surface area contributed by atoms with Gasteiger partial charge in [0.15, 0.2) is 11.5 Å². The number of nitriles is 1. The Bertz CT molecular complexity index is 1330. The van der Waals surface area contributed by atoms with Crippen LogP contribution in [-0.2, 0) is 16.1 Å². The van der Waals surface area contributed by atoms with Gasteiger partial charge in [0.05, 0.1) is 19.3 Å². The summed E-state index contributed by atoms with van der Waals surface area (Å²) >= 11 is 3.42. The van der Waals surface area contributed by atoms with E-state index in [0.717, 1.165) is 0 Å². The molecule has 0 saturated heterocycles. The Balaban J connectivity index is 1.77. The molecule has 3 rings (SSSR count). The molecular weight excluding hydrogens is 531 g/mol. The van der Waals surface area contributed by atoms with Crippen molar-refractivity contribution in [2.24, 2.45) is 0 Å². The minimum absolute atomic E-state index is 0.00847. The van der Waals surface area contributed by atoms with Crippen LogP contribution < -0.4 is 14.8 Å². The van der Waals surface area contributed by atoms with E-state index in [-0.39, 0.29) is 24.6 Å². The van der Waals surface area contributed by atoms with Crippen LogP contribution in [0.2, 0.25) is 0 Å². The Morgan fingerprint density at radius 2 is 1.83 bits per heavy atom. The Hall–Kier alpha value is -4.16. The lowest BCUT2D eigenvalue weighted by molar-refractivity contribution is -0.112. The first kappa shape index (κ1) is 26.4. The van der Waals surface area contributed by atoms with Crippen LogP contribution in [-0.4, -0.2) is 25.6 Å². The first-order chi connectivity index (χ1) is 17.4. The van der Waals surface area contributed by atoms with Gasteiger partial charge in [0.25, 0.3) is 5.91 Å². The zero-order valence-corrected chi connectivity index (χ0v) is 21.1. The molecule has 7 nitrogen and oxygen atoms in total. The second kappa shape index (κ2) is 12.5. The number of rotatable bonds is 9. The second-order valence-electron chi connectivity index (χ2n) is 7.33. The molecule has 9 heteroatoms. The fourth-order valence-corrected chi connectivity index (χ4v) is 3.55. The molecule has 0 aliphatic heterocycles. The Labute approximate surface area is 216 Å². The second-order valence-corrected chi connectivity index (χ2v) is 8.18. The SMILES string of the molecule is CCOC(=O)c1ccc(NC(=O)/C(C#N)=C/c2cc(OC)c(OCc3ccccc3F)cc2Br)cc1. The zero-order chi connectivity index (χ0) is 26.1. The molecule has 3 aromatic rings. The molecule has 0 heterocycles. The predicted octanol–water partition coefficient (Wildman–Crippen LogP) is 5.90. The molecule has 0 aliphatic carbocycles. The average Bonchev–Trinajstić information content (AvgIpc) is 2.88. The normalized spacial score (nSPS) is 10.8. The number of nitrogens with zero attached hydrogens (tertiary/aromatic N) is 1. The first-order valence-corrected chi connectivity index (χ1v) is 11.6. The molecule has 3 aromatic carbocycles. The highest BCUT2D eigenvalue weighted by atomic mass is 79.9. The van der Waals surface area contributed by atoms with E-state index in [1.807, 2.05) is 6.07 Å². The quantitative estimate of drug-likeness (QED) is 0.201. The van der Waals surface area contributed by atoms with E-state index in [9.17, 15) is 19.2 Å². The van der Waals surface area contributed by atoms with Gasteiger partial charge in [0.1, 0.15) is 24.1 Å². The van der Waals surface area contributed by atoms with E-state index in [0.29, 0.717) is 38.3 Å². The van der Waals surface area contributed by atoms with Crippen molar-refractivity contribution in [3.8, 4) is 17.6 Å². The third-order valence-electron chi connectivity index (χ3n) is 4.94. The molecule has 0 aromatic heterocycles. The first-order valence-electron chi connectivity index (χ1n) is 10.8. The van der Waals surface area contributed by atoms with Crippen molar-refractivity contribution in [3.63, 3.8) is 0 Å². The lowest BCUT2D eigenvalue weighted by atomic mass is 10.1. The van der Waals surface area contributed by atoms with Gasteiger partial charge in [-0.3, -0.25) is 4.79 Å². The third-order valence-corrected chi connectivity index (χ3v) is 5.63. The van der Waals surface area contributed by atoms with Crippen molar-refractivity contribution in [1.82, 2.24) is 0 Å². The maximum atomic E-state index is 13.9. The van der Waals surface area contributed by atoms with Gasteiger partial charge in [0, 0.05) is 15.7 Å². The summed E-state index contributed by atoms with van der Waals surface area (Å²) in [6, 6.07) is 17.5. The van der Waals surface area contributed by atoms with Crippen molar-refractivity contribution in [2.75, 3.05) is 19.0 Å². The molecule has 1 amide bonds. The van der Waals surface area contributed by atoms with Crippen LogP contribution in [0.3, 0.4) is 0 Å². The summed E-state index contributed by atoms with van der Waals surface area (Å²) in [6.45, 7) is 1.96. The van der Waals surface area contributed by atoms with Crippen LogP contribution in [0.15, 0.2) is 70.7 Å². The van der Waals surface area contributed by atoms with Crippen molar-refractivity contribution < 1.29 is 28.2 Å². The smallest absolute Gasteiger partial charge is 0.338 e. The van der Waals surface area contributed by atoms with Crippen LogP contribution in [0, 0.1) is 17.1 Å². The number of hydrogen-bond donors (Lipinski definition) is 1. The number of methoxy groups -OCH3 is 1. The van der Waals surface area contributed by atoms with Crippen LogP contribution in [0.4, 0.5) is 10.1 Å². The topological polar surface area (TPSA) is 97.7 Å². The minimum Gasteiger partial charge on any atom is -0.493 e. The standard InChI is InChI=1S/C27H22BrFN2O5/c1-3-35-27(33)17-8-10-21(11-9-17)31-26(32)20(15-30)12-19-13-24(34-2)25(14-22(19)28)36-16-18-6-4-5-7-23(18)29/h4-14H,3,16H2,1-2H3,(H,31,32)/b20-12+. The summed E-state index contributed by atoms with van der Waals surface area (Å²) in [7, 11) is 1.45. The molecule has 0 fully saturated rings. The molecule has 0 unspecified atom stereocenters. The number of carbonyl (C=O) groups excluding carboxylic acids is 2. The van der Waals surface area contributed by atoms with Crippen molar-refractivity contribution in [2.45, 2.75) is 13.5 Å². The summed E-state index contributed by atoms with van der Waals surface area (Å²) in [5, 5.41) is 12.2. The molecule has 0 atom stereocenters. The number of halogens is 2. The Morgan fingerprint density at radius 1 is 1.11 bits per heavy atom. The van der Waals surface area contributed by atoms with Gasteiger partial charge in [0.2, 0.25) is 0 Å². The summed E-state index contributed by atoms with van der Waals surface area (Å²) in [5.41, 5.74) is 1.47. The van der Waals surface area contributed by atoms with E-state index in [2.05, 4.69) is 21.2 Å². The minimum atomic E-state index is -0.632. The number of nitrogens with one attached hydrogen (secondary N) is 1. The van der Waals surface area contributed by atoms with Gasteiger partial charge in [-0.05, 0) is 61.0 Å². The highest BCUT2D eigenvalue weighted by molar-refractivity contribution is 9.10. The molecule has 0 aliphatic rings. The van der Waals surface area contributed by atoms with Crippen molar-refractivity contribution in [3.05, 3.63) is 93.2 Å². The Morgan fingerprint density at radius 3 is 2.47 bits per heavy atom. The third kappa shape index (κ3) is 6.71. The average molecular weight is 553 g/mol. The molecule has 184 valence electrons. The number of anilines is 1. The number of hydrogen-bond acceptors (Lipinski definition) is 6. The molecular formula is C27H22BrFN2O5. The van der Waals surface area contributed by atoms with Crippen LogP contribution in [0.5, 0.6) is 11.5 Å². The van der Waals surface area contributed by atoms with Crippen LogP contribution >= 0.6 is 15.9 Å². The van der Waals surface area contributed by atoms with E-state index in [1.54, 1.807) is 49.4 Å². The zero-order valence-electron chi connectivity index (χ0n) is 19.5. The monoisotopic (exact) mass is 552 g/mol. The number of ether oxygens (including phenoxy) is 3. The summed E-state index contributed by atoms with van der Waals surface area (Å²) < 4.78 is 30.5. The maximum Gasteiger partial charge on any atom is 0.338 e. The molecule has 0 radical (unpaired) electrons. The van der Waals surface area contributed by atoms with E-state index >= 15 is 0 Å². The molecule has 0 saturated carbocycles.